The number of benzene rings is 1. The van der Waals surface area contributed by atoms with E-state index in [0.717, 1.165) is 29.1 Å². The van der Waals surface area contributed by atoms with Gasteiger partial charge in [-0.15, -0.1) is 0 Å². The number of nitrogens with zero attached hydrogens (tertiary/aromatic N) is 3. The van der Waals surface area contributed by atoms with Crippen molar-refractivity contribution in [3.8, 4) is 0 Å². The third kappa shape index (κ3) is 3.68. The number of carbonyl (C=O) groups excluding carboxylic acids is 1. The van der Waals surface area contributed by atoms with Gasteiger partial charge in [-0.05, 0) is 30.5 Å². The number of hydrogen-bond acceptors (Lipinski definition) is 4. The first-order valence-corrected chi connectivity index (χ1v) is 8.56. The molecule has 0 aliphatic rings. The Hall–Kier alpha value is -2.76. The van der Waals surface area contributed by atoms with Crippen LogP contribution >= 0.6 is 0 Å². The number of fused-ring (bicyclic) bond motifs is 1. The SMILES string of the molecule is CCc1ncc(C(=O)N[C@@H](c2nc3ccc(C)cc3[nH]2)C(C)C)cn1. The maximum Gasteiger partial charge on any atom is 0.255 e. The Bertz CT molecular complexity index is 882. The van der Waals surface area contributed by atoms with E-state index in [1.807, 2.05) is 26.0 Å². The van der Waals surface area contributed by atoms with Gasteiger partial charge in [-0.25, -0.2) is 15.0 Å². The van der Waals surface area contributed by atoms with E-state index in [1.54, 1.807) is 12.4 Å². The predicted molar refractivity (Wildman–Crippen MR) is 97.3 cm³/mol. The van der Waals surface area contributed by atoms with Crippen molar-refractivity contribution in [2.45, 2.75) is 40.2 Å². The van der Waals surface area contributed by atoms with E-state index < -0.39 is 0 Å². The number of rotatable bonds is 5. The van der Waals surface area contributed by atoms with Crippen molar-refractivity contribution >= 4 is 16.9 Å². The molecule has 0 aliphatic heterocycles. The van der Waals surface area contributed by atoms with Crippen LogP contribution in [-0.4, -0.2) is 25.8 Å². The largest absolute Gasteiger partial charge is 0.342 e. The number of carbonyl (C=O) groups is 1. The molecular formula is C19H23N5O. The highest BCUT2D eigenvalue weighted by Crippen LogP contribution is 2.23. The van der Waals surface area contributed by atoms with Crippen LogP contribution in [-0.2, 0) is 6.42 Å². The number of amides is 1. The predicted octanol–water partition coefficient (Wildman–Crippen LogP) is 3.35. The maximum atomic E-state index is 12.6. The molecule has 6 heteroatoms. The van der Waals surface area contributed by atoms with E-state index in [4.69, 9.17) is 0 Å². The summed E-state index contributed by atoms with van der Waals surface area (Å²) in [6.07, 6.45) is 3.88. The van der Waals surface area contributed by atoms with Crippen LogP contribution in [0.5, 0.6) is 0 Å². The molecular weight excluding hydrogens is 314 g/mol. The highest BCUT2D eigenvalue weighted by Gasteiger charge is 2.22. The van der Waals surface area contributed by atoms with E-state index in [-0.39, 0.29) is 17.9 Å². The fourth-order valence-corrected chi connectivity index (χ4v) is 2.72. The molecule has 3 aromatic rings. The van der Waals surface area contributed by atoms with Gasteiger partial charge >= 0.3 is 0 Å². The van der Waals surface area contributed by atoms with Crippen molar-refractivity contribution in [1.82, 2.24) is 25.3 Å². The summed E-state index contributed by atoms with van der Waals surface area (Å²) in [5.74, 6) is 1.47. The minimum atomic E-state index is -0.217. The van der Waals surface area contributed by atoms with E-state index in [0.29, 0.717) is 5.56 Å². The Kier molecular flexibility index (Phi) is 4.79. The molecule has 25 heavy (non-hydrogen) atoms. The highest BCUT2D eigenvalue weighted by atomic mass is 16.1. The molecule has 0 fully saturated rings. The minimum absolute atomic E-state index is 0.182. The molecule has 0 spiro atoms. The summed E-state index contributed by atoms with van der Waals surface area (Å²) in [5, 5.41) is 3.05. The molecule has 0 bridgehead atoms. The summed E-state index contributed by atoms with van der Waals surface area (Å²) < 4.78 is 0. The van der Waals surface area contributed by atoms with Gasteiger partial charge in [-0.3, -0.25) is 4.79 Å². The Morgan fingerprint density at radius 1 is 1.24 bits per heavy atom. The smallest absolute Gasteiger partial charge is 0.255 e. The standard InChI is InChI=1S/C19H23N5O/c1-5-16-20-9-13(10-21-16)19(25)24-17(11(2)3)18-22-14-7-6-12(4)8-15(14)23-18/h6-11,17H,5H2,1-4H3,(H,22,23)(H,24,25)/t17-/m1/s1. The monoisotopic (exact) mass is 337 g/mol. The molecule has 0 saturated carbocycles. The first-order valence-electron chi connectivity index (χ1n) is 8.56. The maximum absolute atomic E-state index is 12.6. The lowest BCUT2D eigenvalue weighted by molar-refractivity contribution is 0.0922. The fraction of sp³-hybridized carbons (Fsp3) is 0.368. The first kappa shape index (κ1) is 17.1. The number of imidazole rings is 1. The number of nitrogens with one attached hydrogen (secondary N) is 2. The summed E-state index contributed by atoms with van der Waals surface area (Å²) in [6, 6.07) is 5.86. The molecule has 0 saturated heterocycles. The van der Waals surface area contributed by atoms with Crippen molar-refractivity contribution in [2.75, 3.05) is 0 Å². The molecule has 0 aliphatic carbocycles. The normalized spacial score (nSPS) is 12.5. The topological polar surface area (TPSA) is 83.6 Å². The lowest BCUT2D eigenvalue weighted by atomic mass is 10.0. The molecule has 6 nitrogen and oxygen atoms in total. The van der Waals surface area contributed by atoms with Gasteiger partial charge in [0, 0.05) is 18.8 Å². The van der Waals surface area contributed by atoms with Gasteiger partial charge < -0.3 is 10.3 Å². The first-order chi connectivity index (χ1) is 12.0. The van der Waals surface area contributed by atoms with Gasteiger partial charge in [0.05, 0.1) is 22.6 Å². The molecule has 1 aromatic carbocycles. The second-order valence-electron chi connectivity index (χ2n) is 6.58. The van der Waals surface area contributed by atoms with Gasteiger partial charge in [-0.1, -0.05) is 26.8 Å². The van der Waals surface area contributed by atoms with Crippen molar-refractivity contribution in [1.29, 1.82) is 0 Å². The summed E-state index contributed by atoms with van der Waals surface area (Å²) in [7, 11) is 0. The quantitative estimate of drug-likeness (QED) is 0.748. The van der Waals surface area contributed by atoms with Crippen LogP contribution in [0.4, 0.5) is 0 Å². The van der Waals surface area contributed by atoms with Crippen LogP contribution in [0.25, 0.3) is 11.0 Å². The van der Waals surface area contributed by atoms with Crippen LogP contribution in [0, 0.1) is 12.8 Å². The number of hydrogen-bond donors (Lipinski definition) is 2. The minimum Gasteiger partial charge on any atom is -0.342 e. The third-order valence-corrected chi connectivity index (χ3v) is 4.19. The molecule has 0 radical (unpaired) electrons. The zero-order chi connectivity index (χ0) is 18.0. The van der Waals surface area contributed by atoms with E-state index in [2.05, 4.69) is 45.2 Å². The molecule has 2 heterocycles. The number of aromatic nitrogens is 4. The van der Waals surface area contributed by atoms with Gasteiger partial charge in [0.2, 0.25) is 0 Å². The molecule has 0 unspecified atom stereocenters. The molecule has 1 amide bonds. The molecule has 2 aromatic heterocycles. The molecule has 130 valence electrons. The fourth-order valence-electron chi connectivity index (χ4n) is 2.72. The Morgan fingerprint density at radius 2 is 1.96 bits per heavy atom. The second kappa shape index (κ2) is 7.01. The average Bonchev–Trinajstić information content (AvgIpc) is 3.01. The molecule has 3 rings (SSSR count). The second-order valence-corrected chi connectivity index (χ2v) is 6.58. The summed E-state index contributed by atoms with van der Waals surface area (Å²) in [5.41, 5.74) is 3.50. The Labute approximate surface area is 147 Å². The average molecular weight is 337 g/mol. The lowest BCUT2D eigenvalue weighted by Crippen LogP contribution is -2.32. The van der Waals surface area contributed by atoms with Gasteiger partial charge in [0.25, 0.3) is 5.91 Å². The van der Waals surface area contributed by atoms with Crippen LogP contribution in [0.2, 0.25) is 0 Å². The van der Waals surface area contributed by atoms with E-state index in [9.17, 15) is 4.79 Å². The Morgan fingerprint density at radius 3 is 2.60 bits per heavy atom. The highest BCUT2D eigenvalue weighted by molar-refractivity contribution is 5.93. The Balaban J connectivity index is 1.85. The van der Waals surface area contributed by atoms with E-state index >= 15 is 0 Å². The van der Waals surface area contributed by atoms with Gasteiger partial charge in [-0.2, -0.15) is 0 Å². The van der Waals surface area contributed by atoms with Crippen molar-refractivity contribution in [3.05, 3.63) is 53.4 Å². The van der Waals surface area contributed by atoms with Crippen LogP contribution in [0.3, 0.4) is 0 Å². The molecule has 1 atom stereocenters. The van der Waals surface area contributed by atoms with Crippen molar-refractivity contribution < 1.29 is 4.79 Å². The van der Waals surface area contributed by atoms with Crippen LogP contribution in [0.1, 0.15) is 54.4 Å². The zero-order valence-corrected chi connectivity index (χ0v) is 15.0. The van der Waals surface area contributed by atoms with Crippen molar-refractivity contribution in [3.63, 3.8) is 0 Å². The van der Waals surface area contributed by atoms with Crippen molar-refractivity contribution in [2.24, 2.45) is 5.92 Å². The van der Waals surface area contributed by atoms with Crippen LogP contribution in [0.15, 0.2) is 30.6 Å². The van der Waals surface area contributed by atoms with Gasteiger partial charge in [0.15, 0.2) is 0 Å². The van der Waals surface area contributed by atoms with Crippen LogP contribution < -0.4 is 5.32 Å². The lowest BCUT2D eigenvalue weighted by Gasteiger charge is -2.20. The van der Waals surface area contributed by atoms with E-state index in [1.165, 1.54) is 5.56 Å². The summed E-state index contributed by atoms with van der Waals surface area (Å²) in [4.78, 5) is 28.9. The third-order valence-electron chi connectivity index (χ3n) is 4.19. The number of H-pyrrole nitrogens is 1. The molecule has 2 N–H and O–H groups in total. The number of aryl methyl sites for hydroxylation is 2. The zero-order valence-electron chi connectivity index (χ0n) is 15.0. The van der Waals surface area contributed by atoms with Gasteiger partial charge in [0.1, 0.15) is 11.6 Å². The number of aromatic amines is 1. The summed E-state index contributed by atoms with van der Waals surface area (Å²) in [6.45, 7) is 8.13. The summed E-state index contributed by atoms with van der Waals surface area (Å²) >= 11 is 0.